The summed E-state index contributed by atoms with van der Waals surface area (Å²) in [7, 11) is 4.54. The third-order valence-electron chi connectivity index (χ3n) is 4.56. The lowest BCUT2D eigenvalue weighted by atomic mass is 10.1. The van der Waals surface area contributed by atoms with Gasteiger partial charge in [-0.15, -0.1) is 0 Å². The van der Waals surface area contributed by atoms with E-state index in [1.54, 1.807) is 50.3 Å². The van der Waals surface area contributed by atoms with E-state index < -0.39 is 12.1 Å². The fourth-order valence-corrected chi connectivity index (χ4v) is 3.09. The summed E-state index contributed by atoms with van der Waals surface area (Å²) >= 11 is 0. The molecule has 0 amide bonds. The molecule has 0 bridgehead atoms. The number of ether oxygens (including phenoxy) is 6. The van der Waals surface area contributed by atoms with Gasteiger partial charge in [0.05, 0.1) is 33.5 Å². The van der Waals surface area contributed by atoms with Crippen LogP contribution in [-0.2, 0) is 9.53 Å². The lowest BCUT2D eigenvalue weighted by molar-refractivity contribution is -0.150. The van der Waals surface area contributed by atoms with Crippen LogP contribution in [0.5, 0.6) is 28.7 Å². The van der Waals surface area contributed by atoms with E-state index in [1.165, 1.54) is 21.3 Å². The minimum Gasteiger partial charge on any atom is -0.493 e. The molecular weight excluding hydrogens is 404 g/mol. The highest BCUT2D eigenvalue weighted by molar-refractivity contribution is 6.14. The first kappa shape index (κ1) is 22.0. The van der Waals surface area contributed by atoms with Crippen LogP contribution in [0.25, 0.3) is 6.08 Å². The van der Waals surface area contributed by atoms with Gasteiger partial charge in [0.1, 0.15) is 11.5 Å². The second-order valence-corrected chi connectivity index (χ2v) is 6.57. The van der Waals surface area contributed by atoms with Gasteiger partial charge in [0.25, 0.3) is 0 Å². The normalized spacial score (nSPS) is 14.5. The zero-order valence-corrected chi connectivity index (χ0v) is 18.0. The fraction of sp³-hybridized carbons (Fsp3) is 0.304. The summed E-state index contributed by atoms with van der Waals surface area (Å²) in [5.41, 5.74) is 1.04. The van der Waals surface area contributed by atoms with Crippen molar-refractivity contribution >= 4 is 17.8 Å². The predicted octanol–water partition coefficient (Wildman–Crippen LogP) is 3.66. The van der Waals surface area contributed by atoms with Crippen molar-refractivity contribution in [3.05, 3.63) is 47.2 Å². The average molecular weight is 428 g/mol. The Bertz CT molecular complexity index is 999. The van der Waals surface area contributed by atoms with Gasteiger partial charge < -0.3 is 28.4 Å². The fourth-order valence-electron chi connectivity index (χ4n) is 3.09. The Hall–Kier alpha value is -3.68. The van der Waals surface area contributed by atoms with Gasteiger partial charge in [-0.1, -0.05) is 0 Å². The molecule has 0 aliphatic carbocycles. The van der Waals surface area contributed by atoms with Gasteiger partial charge in [-0.05, 0) is 49.8 Å². The first-order chi connectivity index (χ1) is 14.9. The molecule has 2 aromatic rings. The lowest BCUT2D eigenvalue weighted by Gasteiger charge is -2.13. The Kier molecular flexibility index (Phi) is 6.69. The van der Waals surface area contributed by atoms with Crippen molar-refractivity contribution in [3.63, 3.8) is 0 Å². The molecule has 3 rings (SSSR count). The van der Waals surface area contributed by atoms with Crippen molar-refractivity contribution in [3.8, 4) is 28.7 Å². The van der Waals surface area contributed by atoms with Gasteiger partial charge in [-0.2, -0.15) is 0 Å². The molecule has 0 aromatic heterocycles. The van der Waals surface area contributed by atoms with E-state index in [0.29, 0.717) is 39.9 Å². The number of hydrogen-bond acceptors (Lipinski definition) is 8. The summed E-state index contributed by atoms with van der Waals surface area (Å²) in [6.45, 7) is 3.58. The van der Waals surface area contributed by atoms with Crippen LogP contribution in [0.4, 0.5) is 0 Å². The molecule has 0 saturated heterocycles. The Labute approximate surface area is 180 Å². The SMILES string of the molecule is CCOC(=O)[C@@H](C)Oc1ccc2c(c1)O/C(=C\c1cc(OC)c(OC)c(OC)c1)C2=O. The molecule has 31 heavy (non-hydrogen) atoms. The highest BCUT2D eigenvalue weighted by Crippen LogP contribution is 2.40. The molecule has 8 nitrogen and oxygen atoms in total. The summed E-state index contributed by atoms with van der Waals surface area (Å²) in [5, 5.41) is 0. The number of methoxy groups -OCH3 is 3. The van der Waals surface area contributed by atoms with Crippen LogP contribution in [0.2, 0.25) is 0 Å². The number of benzene rings is 2. The second-order valence-electron chi connectivity index (χ2n) is 6.57. The molecule has 1 atom stereocenters. The summed E-state index contributed by atoms with van der Waals surface area (Å²) in [4.78, 5) is 24.5. The Morgan fingerprint density at radius 2 is 1.74 bits per heavy atom. The molecule has 164 valence electrons. The lowest BCUT2D eigenvalue weighted by Crippen LogP contribution is -2.26. The zero-order chi connectivity index (χ0) is 22.5. The van der Waals surface area contributed by atoms with Crippen molar-refractivity contribution in [2.75, 3.05) is 27.9 Å². The van der Waals surface area contributed by atoms with Crippen molar-refractivity contribution in [1.29, 1.82) is 0 Å². The van der Waals surface area contributed by atoms with E-state index in [9.17, 15) is 9.59 Å². The molecule has 0 N–H and O–H groups in total. The molecule has 0 saturated carbocycles. The van der Waals surface area contributed by atoms with Crippen LogP contribution >= 0.6 is 0 Å². The van der Waals surface area contributed by atoms with Crippen molar-refractivity contribution in [2.45, 2.75) is 20.0 Å². The van der Waals surface area contributed by atoms with E-state index in [4.69, 9.17) is 28.4 Å². The third kappa shape index (κ3) is 4.58. The highest BCUT2D eigenvalue weighted by Gasteiger charge is 2.28. The van der Waals surface area contributed by atoms with Crippen LogP contribution < -0.4 is 23.7 Å². The van der Waals surface area contributed by atoms with Crippen LogP contribution in [0.15, 0.2) is 36.1 Å². The molecular formula is C23H24O8. The number of carbonyl (C=O) groups is 2. The minimum absolute atomic E-state index is 0.139. The predicted molar refractivity (Wildman–Crippen MR) is 112 cm³/mol. The second kappa shape index (κ2) is 9.42. The number of carbonyl (C=O) groups excluding carboxylic acids is 2. The van der Waals surface area contributed by atoms with Gasteiger partial charge in [0, 0.05) is 6.07 Å². The van der Waals surface area contributed by atoms with E-state index in [1.807, 2.05) is 0 Å². The average Bonchev–Trinajstić information content (AvgIpc) is 3.07. The van der Waals surface area contributed by atoms with Gasteiger partial charge in [0.15, 0.2) is 23.4 Å². The zero-order valence-electron chi connectivity index (χ0n) is 18.0. The standard InChI is InChI=1S/C23H24O8/c1-6-29-23(25)13(2)30-15-7-8-16-17(12-15)31-18(21(16)24)9-14-10-19(26-3)22(28-5)20(11-14)27-4/h7-13H,6H2,1-5H3/b18-9-/t13-/m1/s1. The monoisotopic (exact) mass is 428 g/mol. The Morgan fingerprint density at radius 1 is 1.06 bits per heavy atom. The Balaban J connectivity index is 1.86. The number of allylic oxidation sites excluding steroid dienone is 1. The van der Waals surface area contributed by atoms with Gasteiger partial charge in [-0.3, -0.25) is 4.79 Å². The number of Topliss-reactive ketones (excluding diaryl/α,β-unsaturated/α-hetero) is 1. The number of esters is 1. The van der Waals surface area contributed by atoms with Crippen LogP contribution in [0.3, 0.4) is 0 Å². The maximum absolute atomic E-state index is 12.8. The van der Waals surface area contributed by atoms with Crippen molar-refractivity contribution < 1.29 is 38.0 Å². The van der Waals surface area contributed by atoms with Crippen LogP contribution in [0, 0.1) is 0 Å². The molecule has 1 heterocycles. The number of hydrogen-bond donors (Lipinski definition) is 0. The largest absolute Gasteiger partial charge is 0.493 e. The van der Waals surface area contributed by atoms with Crippen LogP contribution in [0.1, 0.15) is 29.8 Å². The van der Waals surface area contributed by atoms with Crippen molar-refractivity contribution in [2.24, 2.45) is 0 Å². The maximum atomic E-state index is 12.8. The van der Waals surface area contributed by atoms with E-state index in [2.05, 4.69) is 0 Å². The van der Waals surface area contributed by atoms with E-state index >= 15 is 0 Å². The molecule has 0 radical (unpaired) electrons. The molecule has 2 aromatic carbocycles. The van der Waals surface area contributed by atoms with Gasteiger partial charge in [0.2, 0.25) is 11.5 Å². The Morgan fingerprint density at radius 3 is 2.32 bits per heavy atom. The first-order valence-corrected chi connectivity index (χ1v) is 9.63. The third-order valence-corrected chi connectivity index (χ3v) is 4.56. The summed E-state index contributed by atoms with van der Waals surface area (Å²) in [6, 6.07) is 8.20. The van der Waals surface area contributed by atoms with E-state index in [0.717, 1.165) is 0 Å². The molecule has 8 heteroatoms. The quantitative estimate of drug-likeness (QED) is 0.465. The van der Waals surface area contributed by atoms with E-state index in [-0.39, 0.29) is 18.1 Å². The molecule has 0 fully saturated rings. The number of ketones is 1. The number of rotatable bonds is 8. The molecule has 1 aliphatic rings. The topological polar surface area (TPSA) is 89.5 Å². The van der Waals surface area contributed by atoms with Gasteiger partial charge >= 0.3 is 5.97 Å². The minimum atomic E-state index is -0.788. The smallest absolute Gasteiger partial charge is 0.347 e. The summed E-state index contributed by atoms with van der Waals surface area (Å²) < 4.78 is 32.3. The van der Waals surface area contributed by atoms with Crippen LogP contribution in [-0.4, -0.2) is 45.8 Å². The van der Waals surface area contributed by atoms with Crippen molar-refractivity contribution in [1.82, 2.24) is 0 Å². The molecule has 0 spiro atoms. The number of fused-ring (bicyclic) bond motifs is 1. The first-order valence-electron chi connectivity index (χ1n) is 9.63. The summed E-state index contributed by atoms with van der Waals surface area (Å²) in [6.07, 6.45) is 0.804. The summed E-state index contributed by atoms with van der Waals surface area (Å²) in [5.74, 6) is 1.50. The highest BCUT2D eigenvalue weighted by atomic mass is 16.6. The molecule has 1 aliphatic heterocycles. The molecule has 0 unspecified atom stereocenters. The van der Waals surface area contributed by atoms with Gasteiger partial charge in [-0.25, -0.2) is 4.79 Å². The maximum Gasteiger partial charge on any atom is 0.347 e.